The molecule has 4 heteroatoms. The number of halogens is 1. The van der Waals surface area contributed by atoms with Gasteiger partial charge in [-0.15, -0.1) is 0 Å². The molecule has 0 aromatic heterocycles. The Balaban J connectivity index is 2.64. The molecule has 0 aliphatic rings. The van der Waals surface area contributed by atoms with E-state index in [0.29, 0.717) is 6.54 Å². The van der Waals surface area contributed by atoms with Crippen molar-refractivity contribution in [1.82, 2.24) is 0 Å². The van der Waals surface area contributed by atoms with Gasteiger partial charge in [-0.3, -0.25) is 0 Å². The van der Waals surface area contributed by atoms with E-state index in [9.17, 15) is 0 Å². The van der Waals surface area contributed by atoms with Crippen LogP contribution in [0.5, 0.6) is 0 Å². The molecule has 0 aliphatic carbocycles. The van der Waals surface area contributed by atoms with Gasteiger partial charge < -0.3 is 16.4 Å². The molecule has 1 rings (SSSR count). The highest BCUT2D eigenvalue weighted by atomic mass is 35.5. The van der Waals surface area contributed by atoms with Crippen LogP contribution in [0.2, 0.25) is 5.02 Å². The minimum absolute atomic E-state index is 0.000943. The maximum absolute atomic E-state index is 5.88. The molecule has 0 aliphatic heterocycles. The smallest absolute Gasteiger partial charge is 0.0426 e. The van der Waals surface area contributed by atoms with Crippen LogP contribution in [0.25, 0.3) is 0 Å². The number of hydrogen-bond donors (Lipinski definition) is 2. The summed E-state index contributed by atoms with van der Waals surface area (Å²) in [6.45, 7) is 1.22. The fourth-order valence-electron chi connectivity index (χ4n) is 1.25. The van der Waals surface area contributed by atoms with Gasteiger partial charge in [0.2, 0.25) is 0 Å². The molecule has 0 amide bonds. The number of anilines is 1. The largest absolute Gasteiger partial charge is 0.373 e. The zero-order valence-electron chi connectivity index (χ0n) is 8.28. The van der Waals surface area contributed by atoms with Crippen molar-refractivity contribution in [2.75, 3.05) is 25.0 Å². The number of benzene rings is 1. The summed E-state index contributed by atoms with van der Waals surface area (Å²) < 4.78 is 0. The lowest BCUT2D eigenvalue weighted by Crippen LogP contribution is -2.40. The topological polar surface area (TPSA) is 55.3 Å². The van der Waals surface area contributed by atoms with Crippen LogP contribution in [-0.2, 0) is 0 Å². The minimum atomic E-state index is -0.000943. The molecule has 0 saturated carbocycles. The lowest BCUT2D eigenvalue weighted by molar-refractivity contribution is 0.668. The van der Waals surface area contributed by atoms with Crippen molar-refractivity contribution in [2.24, 2.45) is 11.5 Å². The van der Waals surface area contributed by atoms with Crippen molar-refractivity contribution in [3.63, 3.8) is 0 Å². The molecule has 78 valence electrons. The highest BCUT2D eigenvalue weighted by molar-refractivity contribution is 6.30. The predicted molar refractivity (Wildman–Crippen MR) is 61.8 cm³/mol. The Morgan fingerprint density at radius 2 is 2.21 bits per heavy atom. The summed E-state index contributed by atoms with van der Waals surface area (Å²) in [6.07, 6.45) is 0. The third-order valence-corrected chi connectivity index (χ3v) is 2.30. The number of nitrogens with zero attached hydrogens (tertiary/aromatic N) is 1. The van der Waals surface area contributed by atoms with Gasteiger partial charge in [0.15, 0.2) is 0 Å². The van der Waals surface area contributed by atoms with Crippen molar-refractivity contribution in [2.45, 2.75) is 6.04 Å². The van der Waals surface area contributed by atoms with E-state index >= 15 is 0 Å². The van der Waals surface area contributed by atoms with Crippen LogP contribution in [0.4, 0.5) is 5.69 Å². The molecule has 0 fully saturated rings. The van der Waals surface area contributed by atoms with Crippen molar-refractivity contribution >= 4 is 17.3 Å². The third kappa shape index (κ3) is 3.18. The maximum atomic E-state index is 5.88. The summed E-state index contributed by atoms with van der Waals surface area (Å²) >= 11 is 5.88. The second-order valence-corrected chi connectivity index (χ2v) is 3.79. The SMILES string of the molecule is CN(CC(N)CN)c1cccc(Cl)c1. The highest BCUT2D eigenvalue weighted by Gasteiger charge is 2.05. The van der Waals surface area contributed by atoms with Gasteiger partial charge in [-0.25, -0.2) is 0 Å². The van der Waals surface area contributed by atoms with Crippen molar-refractivity contribution in [1.29, 1.82) is 0 Å². The summed E-state index contributed by atoms with van der Waals surface area (Å²) in [4.78, 5) is 2.05. The third-order valence-electron chi connectivity index (χ3n) is 2.06. The van der Waals surface area contributed by atoms with Crippen LogP contribution >= 0.6 is 11.6 Å². The van der Waals surface area contributed by atoms with Gasteiger partial charge >= 0.3 is 0 Å². The molecule has 0 radical (unpaired) electrons. The second-order valence-electron chi connectivity index (χ2n) is 3.36. The summed E-state index contributed by atoms with van der Waals surface area (Å²) in [5.41, 5.74) is 12.3. The Kier molecular flexibility index (Phi) is 4.20. The zero-order valence-corrected chi connectivity index (χ0v) is 9.04. The van der Waals surface area contributed by atoms with E-state index in [1.807, 2.05) is 36.2 Å². The normalized spacial score (nSPS) is 12.6. The predicted octanol–water partition coefficient (Wildman–Crippen LogP) is 1.06. The molecule has 1 aromatic rings. The first kappa shape index (κ1) is 11.3. The summed E-state index contributed by atoms with van der Waals surface area (Å²) in [6, 6.07) is 7.67. The zero-order chi connectivity index (χ0) is 10.6. The van der Waals surface area contributed by atoms with Gasteiger partial charge in [-0.1, -0.05) is 17.7 Å². The molecule has 0 spiro atoms. The van der Waals surface area contributed by atoms with E-state index in [1.165, 1.54) is 0 Å². The Labute approximate surface area is 89.6 Å². The Morgan fingerprint density at radius 1 is 1.50 bits per heavy atom. The molecule has 4 N–H and O–H groups in total. The van der Waals surface area contributed by atoms with Gasteiger partial charge in [-0.2, -0.15) is 0 Å². The van der Waals surface area contributed by atoms with Gasteiger partial charge in [0.1, 0.15) is 0 Å². The Bertz CT molecular complexity index is 290. The average Bonchev–Trinajstić information content (AvgIpc) is 2.17. The standard InChI is InChI=1S/C10H16ClN3/c1-14(7-9(13)6-12)10-4-2-3-8(11)5-10/h2-5,9H,6-7,12-13H2,1H3. The number of nitrogens with two attached hydrogens (primary N) is 2. The maximum Gasteiger partial charge on any atom is 0.0426 e. The summed E-state index contributed by atoms with van der Waals surface area (Å²) in [7, 11) is 1.97. The van der Waals surface area contributed by atoms with Crippen LogP contribution < -0.4 is 16.4 Å². The quantitative estimate of drug-likeness (QED) is 0.787. The fraction of sp³-hybridized carbons (Fsp3) is 0.400. The number of rotatable bonds is 4. The van der Waals surface area contributed by atoms with E-state index in [2.05, 4.69) is 0 Å². The van der Waals surface area contributed by atoms with Gasteiger partial charge in [0.05, 0.1) is 0 Å². The fourth-order valence-corrected chi connectivity index (χ4v) is 1.43. The first-order valence-corrected chi connectivity index (χ1v) is 4.93. The van der Waals surface area contributed by atoms with E-state index in [0.717, 1.165) is 17.3 Å². The van der Waals surface area contributed by atoms with Crippen molar-refractivity contribution < 1.29 is 0 Å². The monoisotopic (exact) mass is 213 g/mol. The lowest BCUT2D eigenvalue weighted by atomic mass is 10.2. The molecule has 1 aromatic carbocycles. The van der Waals surface area contributed by atoms with Crippen LogP contribution in [-0.4, -0.2) is 26.2 Å². The average molecular weight is 214 g/mol. The van der Waals surface area contributed by atoms with Crippen LogP contribution in [0.3, 0.4) is 0 Å². The van der Waals surface area contributed by atoms with E-state index in [-0.39, 0.29) is 6.04 Å². The first-order chi connectivity index (χ1) is 6.63. The molecular weight excluding hydrogens is 198 g/mol. The van der Waals surface area contributed by atoms with Gasteiger partial charge in [0, 0.05) is 36.9 Å². The Hall–Kier alpha value is -0.770. The van der Waals surface area contributed by atoms with Gasteiger partial charge in [-0.05, 0) is 18.2 Å². The molecule has 0 heterocycles. The van der Waals surface area contributed by atoms with E-state index in [1.54, 1.807) is 0 Å². The van der Waals surface area contributed by atoms with Crippen molar-refractivity contribution in [3.05, 3.63) is 29.3 Å². The van der Waals surface area contributed by atoms with Gasteiger partial charge in [0.25, 0.3) is 0 Å². The minimum Gasteiger partial charge on any atom is -0.373 e. The summed E-state index contributed by atoms with van der Waals surface area (Å²) in [5.74, 6) is 0. The molecule has 14 heavy (non-hydrogen) atoms. The van der Waals surface area contributed by atoms with Crippen LogP contribution in [0.1, 0.15) is 0 Å². The molecule has 0 saturated heterocycles. The second kappa shape index (κ2) is 5.20. The molecule has 1 atom stereocenters. The molecular formula is C10H16ClN3. The molecule has 1 unspecified atom stereocenters. The molecule has 3 nitrogen and oxygen atoms in total. The Morgan fingerprint density at radius 3 is 2.79 bits per heavy atom. The first-order valence-electron chi connectivity index (χ1n) is 4.56. The van der Waals surface area contributed by atoms with E-state index in [4.69, 9.17) is 23.1 Å². The highest BCUT2D eigenvalue weighted by Crippen LogP contribution is 2.17. The summed E-state index contributed by atoms with van der Waals surface area (Å²) in [5, 5.41) is 0.732. The number of likely N-dealkylation sites (N-methyl/N-ethyl adjacent to an activating group) is 1. The van der Waals surface area contributed by atoms with E-state index < -0.39 is 0 Å². The lowest BCUT2D eigenvalue weighted by Gasteiger charge is -2.22. The number of hydrogen-bond acceptors (Lipinski definition) is 3. The van der Waals surface area contributed by atoms with Crippen molar-refractivity contribution in [3.8, 4) is 0 Å². The van der Waals surface area contributed by atoms with Crippen LogP contribution in [0, 0.1) is 0 Å². The van der Waals surface area contributed by atoms with Crippen LogP contribution in [0.15, 0.2) is 24.3 Å². The molecule has 0 bridgehead atoms.